The van der Waals surface area contributed by atoms with Crippen LogP contribution in [0.1, 0.15) is 48.8 Å². The number of anilines is 1. The molecular formula is C30H36N2O6S. The predicted octanol–water partition coefficient (Wildman–Crippen LogP) is 4.23. The topological polar surface area (TPSA) is 108 Å². The van der Waals surface area contributed by atoms with Gasteiger partial charge in [-0.2, -0.15) is 0 Å². The summed E-state index contributed by atoms with van der Waals surface area (Å²) in [5.74, 6) is 0.0399. The van der Waals surface area contributed by atoms with E-state index in [4.69, 9.17) is 9.47 Å². The van der Waals surface area contributed by atoms with E-state index in [2.05, 4.69) is 16.5 Å². The molecule has 9 heteroatoms. The number of ether oxygens (including phenoxy) is 2. The first-order valence-electron chi connectivity index (χ1n) is 13.4. The average Bonchev–Trinajstić information content (AvgIpc) is 3.42. The molecule has 3 aromatic rings. The van der Waals surface area contributed by atoms with E-state index < -0.39 is 16.3 Å². The van der Waals surface area contributed by atoms with E-state index >= 15 is 0 Å². The molecule has 5 rings (SSSR count). The normalized spacial score (nSPS) is 26.0. The van der Waals surface area contributed by atoms with Gasteiger partial charge in [0, 0.05) is 29.8 Å². The highest BCUT2D eigenvalue weighted by atomic mass is 32.2. The van der Waals surface area contributed by atoms with Gasteiger partial charge in [0.15, 0.2) is 6.29 Å². The predicted molar refractivity (Wildman–Crippen MR) is 148 cm³/mol. The summed E-state index contributed by atoms with van der Waals surface area (Å²) < 4.78 is 41.1. The molecule has 3 aromatic carbocycles. The van der Waals surface area contributed by atoms with Crippen molar-refractivity contribution in [1.82, 2.24) is 4.90 Å². The summed E-state index contributed by atoms with van der Waals surface area (Å²) in [6.45, 7) is 3.85. The van der Waals surface area contributed by atoms with Gasteiger partial charge in [-0.15, -0.1) is 0 Å². The molecule has 0 aromatic heterocycles. The Morgan fingerprint density at radius 3 is 2.28 bits per heavy atom. The molecule has 3 N–H and O–H groups in total. The Kier molecular flexibility index (Phi) is 8.66. The maximum absolute atomic E-state index is 12.7. The third-order valence-electron chi connectivity index (χ3n) is 7.74. The number of sulfonamides is 1. The largest absolute Gasteiger partial charge is 0.395 e. The van der Waals surface area contributed by atoms with Crippen LogP contribution < -0.4 is 4.72 Å². The van der Waals surface area contributed by atoms with Gasteiger partial charge in [0.05, 0.1) is 30.3 Å². The number of nitrogens with one attached hydrogen (secondary N) is 1. The average molecular weight is 553 g/mol. The molecule has 2 aliphatic rings. The van der Waals surface area contributed by atoms with Crippen molar-refractivity contribution in [1.29, 1.82) is 0 Å². The monoisotopic (exact) mass is 552 g/mol. The molecule has 5 atom stereocenters. The second-order valence-corrected chi connectivity index (χ2v) is 12.0. The molecule has 0 bridgehead atoms. The zero-order valence-electron chi connectivity index (χ0n) is 22.0. The maximum Gasteiger partial charge on any atom is 0.261 e. The summed E-state index contributed by atoms with van der Waals surface area (Å²) in [5.41, 5.74) is 3.07. The maximum atomic E-state index is 12.7. The fourth-order valence-corrected chi connectivity index (χ4v) is 6.50. The van der Waals surface area contributed by atoms with Crippen LogP contribution in [0.25, 0.3) is 0 Å². The van der Waals surface area contributed by atoms with Crippen molar-refractivity contribution in [2.75, 3.05) is 24.4 Å². The van der Waals surface area contributed by atoms with Gasteiger partial charge >= 0.3 is 0 Å². The number of hydrogen-bond donors (Lipinski definition) is 3. The number of likely N-dealkylation sites (tertiary alicyclic amines) is 1. The Morgan fingerprint density at radius 2 is 1.62 bits per heavy atom. The number of rotatable bonds is 9. The van der Waals surface area contributed by atoms with Gasteiger partial charge in [-0.05, 0) is 54.8 Å². The van der Waals surface area contributed by atoms with Crippen molar-refractivity contribution >= 4 is 15.7 Å². The van der Waals surface area contributed by atoms with Crippen molar-refractivity contribution in [3.63, 3.8) is 0 Å². The molecule has 8 nitrogen and oxygen atoms in total. The fraction of sp³-hybridized carbons (Fsp3) is 0.400. The van der Waals surface area contributed by atoms with Crippen LogP contribution in [0.4, 0.5) is 5.69 Å². The lowest BCUT2D eigenvalue weighted by molar-refractivity contribution is -0.276. The van der Waals surface area contributed by atoms with E-state index in [1.54, 1.807) is 42.5 Å². The Labute approximate surface area is 230 Å². The SMILES string of the molecule is C[C@@H]1[C@H](CN2CCC[C@H]2CO)O[C@H](c2ccc(NS(=O)(=O)c3ccccc3)cc2)O[C@@H]1c1ccc(CO)cc1. The summed E-state index contributed by atoms with van der Waals surface area (Å²) in [4.78, 5) is 2.50. The molecule has 2 fully saturated rings. The zero-order valence-corrected chi connectivity index (χ0v) is 22.8. The summed E-state index contributed by atoms with van der Waals surface area (Å²) >= 11 is 0. The molecule has 39 heavy (non-hydrogen) atoms. The number of nitrogens with zero attached hydrogens (tertiary/aromatic N) is 1. The number of benzene rings is 3. The van der Waals surface area contributed by atoms with E-state index in [0.717, 1.165) is 36.1 Å². The van der Waals surface area contributed by atoms with Crippen molar-refractivity contribution in [3.8, 4) is 0 Å². The highest BCUT2D eigenvalue weighted by Gasteiger charge is 2.40. The molecule has 0 unspecified atom stereocenters. The van der Waals surface area contributed by atoms with Crippen LogP contribution in [0.3, 0.4) is 0 Å². The van der Waals surface area contributed by atoms with Crippen LogP contribution in [0.2, 0.25) is 0 Å². The molecular weight excluding hydrogens is 516 g/mol. The lowest BCUT2D eigenvalue weighted by Gasteiger charge is -2.43. The summed E-state index contributed by atoms with van der Waals surface area (Å²) in [5, 5.41) is 19.3. The zero-order chi connectivity index (χ0) is 27.4. The lowest BCUT2D eigenvalue weighted by atomic mass is 9.90. The second-order valence-electron chi connectivity index (χ2n) is 10.3. The fourth-order valence-electron chi connectivity index (χ4n) is 5.42. The lowest BCUT2D eigenvalue weighted by Crippen LogP contribution is -2.46. The van der Waals surface area contributed by atoms with Crippen LogP contribution >= 0.6 is 0 Å². The van der Waals surface area contributed by atoms with E-state index in [9.17, 15) is 18.6 Å². The molecule has 208 valence electrons. The number of aliphatic hydroxyl groups is 2. The van der Waals surface area contributed by atoms with Crippen molar-refractivity contribution in [3.05, 3.63) is 95.6 Å². The smallest absolute Gasteiger partial charge is 0.261 e. The van der Waals surface area contributed by atoms with Crippen molar-refractivity contribution in [2.24, 2.45) is 5.92 Å². The summed E-state index contributed by atoms with van der Waals surface area (Å²) in [6, 6.07) is 23.2. The molecule has 0 radical (unpaired) electrons. The minimum atomic E-state index is -3.70. The van der Waals surface area contributed by atoms with Gasteiger partial charge in [-0.25, -0.2) is 8.42 Å². The van der Waals surface area contributed by atoms with Gasteiger partial charge in [0.25, 0.3) is 10.0 Å². The standard InChI is InChI=1S/C30H36N2O6S/c1-21-28(18-32-17-5-6-26(32)20-34)37-30(38-29(21)23-11-9-22(19-33)10-12-23)24-13-15-25(16-14-24)31-39(35,36)27-7-3-2-4-8-27/h2-4,7-16,21,26,28-31,33-34H,5-6,17-20H2,1H3/t21-,26+,28+,29+,30+/m1/s1. The Balaban J connectivity index is 1.37. The molecule has 2 heterocycles. The minimum absolute atomic E-state index is 0.0202. The highest BCUT2D eigenvalue weighted by molar-refractivity contribution is 7.92. The van der Waals surface area contributed by atoms with Gasteiger partial charge in [-0.1, -0.05) is 61.5 Å². The molecule has 0 saturated carbocycles. The van der Waals surface area contributed by atoms with Crippen LogP contribution in [0, 0.1) is 5.92 Å². The highest BCUT2D eigenvalue weighted by Crippen LogP contribution is 2.42. The minimum Gasteiger partial charge on any atom is -0.395 e. The molecule has 0 spiro atoms. The van der Waals surface area contributed by atoms with Crippen molar-refractivity contribution < 1.29 is 28.1 Å². The van der Waals surface area contributed by atoms with E-state index in [1.807, 2.05) is 36.4 Å². The third-order valence-corrected chi connectivity index (χ3v) is 9.13. The number of hydrogen-bond acceptors (Lipinski definition) is 7. The van der Waals surface area contributed by atoms with E-state index in [1.165, 1.54) is 0 Å². The Bertz CT molecular complexity index is 1320. The van der Waals surface area contributed by atoms with Crippen LogP contribution in [-0.4, -0.2) is 55.4 Å². The van der Waals surface area contributed by atoms with Crippen molar-refractivity contribution in [2.45, 2.75) is 55.8 Å². The van der Waals surface area contributed by atoms with Gasteiger partial charge in [-0.3, -0.25) is 9.62 Å². The Hall–Kier alpha value is -2.79. The molecule has 2 aliphatic heterocycles. The van der Waals surface area contributed by atoms with E-state index in [0.29, 0.717) is 12.2 Å². The van der Waals surface area contributed by atoms with Crippen LogP contribution in [0.5, 0.6) is 0 Å². The van der Waals surface area contributed by atoms with Crippen LogP contribution in [0.15, 0.2) is 83.8 Å². The van der Waals surface area contributed by atoms with Crippen LogP contribution in [-0.2, 0) is 26.1 Å². The molecule has 0 amide bonds. The first-order chi connectivity index (χ1) is 18.9. The first kappa shape index (κ1) is 27.8. The van der Waals surface area contributed by atoms with Gasteiger partial charge < -0.3 is 19.7 Å². The second kappa shape index (κ2) is 12.2. The molecule has 2 saturated heterocycles. The number of aliphatic hydroxyl groups excluding tert-OH is 2. The Morgan fingerprint density at radius 1 is 0.923 bits per heavy atom. The third kappa shape index (κ3) is 6.35. The summed E-state index contributed by atoms with van der Waals surface area (Å²) in [6.07, 6.45) is 0.995. The molecule has 0 aliphatic carbocycles. The van der Waals surface area contributed by atoms with Gasteiger partial charge in [0.1, 0.15) is 0 Å². The first-order valence-corrected chi connectivity index (χ1v) is 14.9. The van der Waals surface area contributed by atoms with E-state index in [-0.39, 0.29) is 42.3 Å². The quantitative estimate of drug-likeness (QED) is 0.365. The van der Waals surface area contributed by atoms with Gasteiger partial charge in [0.2, 0.25) is 0 Å². The summed E-state index contributed by atoms with van der Waals surface area (Å²) in [7, 11) is -3.70.